The first-order valence-electron chi connectivity index (χ1n) is 18.2. The molecule has 0 unspecified atom stereocenters. The first-order valence-corrected chi connectivity index (χ1v) is 18.2. The van der Waals surface area contributed by atoms with Gasteiger partial charge in [0, 0.05) is 44.3 Å². The largest absolute Gasteiger partial charge is 0.354 e. The van der Waals surface area contributed by atoms with Crippen molar-refractivity contribution in [2.75, 3.05) is 0 Å². The molecule has 0 saturated carbocycles. The second-order valence-electron chi connectivity index (χ2n) is 14.0. The van der Waals surface area contributed by atoms with Crippen LogP contribution in [0.2, 0.25) is 0 Å². The van der Waals surface area contributed by atoms with Crippen LogP contribution in [0.25, 0.3) is 90.9 Å². The van der Waals surface area contributed by atoms with Crippen LogP contribution < -0.4 is 0 Å². The van der Waals surface area contributed by atoms with Gasteiger partial charge in [0.05, 0.1) is 51.1 Å². The summed E-state index contributed by atoms with van der Waals surface area (Å²) in [6.45, 7) is 0. The topological polar surface area (TPSA) is 81.2 Å². The lowest BCUT2D eigenvalue weighted by Crippen LogP contribution is -2.06. The summed E-state index contributed by atoms with van der Waals surface area (Å²) in [6.07, 6.45) is 3.80. The first kappa shape index (κ1) is 42.2. The fourth-order valence-electron chi connectivity index (χ4n) is 7.48. The second kappa shape index (κ2) is 15.3. The Kier molecular flexibility index (Phi) is 9.95. The van der Waals surface area contributed by atoms with Crippen LogP contribution >= 0.6 is 0 Å². The molecule has 0 saturated heterocycles. The van der Waals surface area contributed by atoms with Gasteiger partial charge in [-0.15, -0.1) is 0 Å². The van der Waals surface area contributed by atoms with Crippen molar-refractivity contribution >= 4 is 46.4 Å². The number of benzene rings is 4. The van der Waals surface area contributed by atoms with Gasteiger partial charge in [0.25, 0.3) is 0 Å². The van der Waals surface area contributed by atoms with E-state index >= 15 is 26.3 Å². The van der Waals surface area contributed by atoms with Crippen molar-refractivity contribution in [1.82, 2.24) is 19.9 Å². The number of aromatic nitrogens is 4. The third-order valence-electron chi connectivity index (χ3n) is 10.4. The average Bonchev–Trinajstić information content (AvgIpc) is 4.16. The minimum atomic E-state index is -2.62. The van der Waals surface area contributed by atoms with E-state index in [0.29, 0.717) is 0 Å². The van der Waals surface area contributed by atoms with Crippen molar-refractivity contribution in [3.8, 4) is 50.6 Å². The number of nitrogens with zero attached hydrogens (tertiary/aromatic N) is 3. The lowest BCUT2D eigenvalue weighted by molar-refractivity contribution is 0.381. The van der Waals surface area contributed by atoms with Crippen LogP contribution in [0.15, 0.2) is 48.5 Å². The summed E-state index contributed by atoms with van der Waals surface area (Å²) in [4.78, 5) is 13.7. The zero-order chi connectivity index (χ0) is 46.5. The number of fused-ring (bicyclic) bond motifs is 8. The molecule has 0 radical (unpaired) electrons. The molecule has 0 fully saturated rings. The summed E-state index contributed by atoms with van der Waals surface area (Å²) in [6, 6.07) is 11.2. The summed E-state index contributed by atoms with van der Waals surface area (Å²) >= 11 is 0. The molecule has 0 aliphatic carbocycles. The van der Waals surface area contributed by atoms with Gasteiger partial charge in [-0.25, -0.2) is 75.8 Å². The molecule has 0 amide bonds. The van der Waals surface area contributed by atoms with Crippen LogP contribution in [-0.4, -0.2) is 19.9 Å². The molecular weight excluding hydrogens is 895 g/mol. The number of H-pyrrole nitrogens is 2. The van der Waals surface area contributed by atoms with Crippen molar-refractivity contribution in [2.45, 2.75) is 0 Å². The quantitative estimate of drug-likeness (QED) is 0.105. The molecule has 7 aromatic rings. The van der Waals surface area contributed by atoms with E-state index in [1.165, 1.54) is 36.4 Å². The van der Waals surface area contributed by atoms with Crippen molar-refractivity contribution in [3.63, 3.8) is 0 Å². The van der Waals surface area contributed by atoms with Crippen LogP contribution in [0.1, 0.15) is 28.3 Å². The van der Waals surface area contributed by atoms with E-state index < -0.39 is 154 Å². The fourth-order valence-corrected chi connectivity index (χ4v) is 7.48. The van der Waals surface area contributed by atoms with Gasteiger partial charge in [0.1, 0.15) is 0 Å². The maximum Gasteiger partial charge on any atom is 0.200 e. The Balaban J connectivity index is 1.56. The predicted octanol–water partition coefficient (Wildman–Crippen LogP) is 13.3. The molecule has 324 valence electrons. The van der Waals surface area contributed by atoms with Gasteiger partial charge >= 0.3 is 0 Å². The third-order valence-corrected chi connectivity index (χ3v) is 10.4. The van der Waals surface area contributed by atoms with Gasteiger partial charge in [-0.05, 0) is 66.3 Å². The van der Waals surface area contributed by atoms with E-state index in [2.05, 4.69) is 19.9 Å². The molecule has 20 heteroatoms. The monoisotopic (exact) mass is 909 g/mol. The van der Waals surface area contributed by atoms with Crippen molar-refractivity contribution in [2.24, 2.45) is 0 Å². The van der Waals surface area contributed by atoms with Crippen LogP contribution in [0.3, 0.4) is 0 Å². The Morgan fingerprint density at radius 2 is 0.554 bits per heavy atom. The lowest BCUT2D eigenvalue weighted by atomic mass is 10.0. The average molecular weight is 910 g/mol. The molecule has 5 nitrogen and oxygen atoms in total. The Hall–Kier alpha value is -8.08. The number of halogens is 15. The molecule has 4 aromatic carbocycles. The SMILES string of the molecule is N#Cc1ccc(-c2c3nc(c(-c4c(F)c(F)c(F)c(F)c4F)c4ccc([nH]4)c(-c4c(F)c(F)c(F)c(F)c4F)c4nc(c(-c5c(F)c(F)c(F)c(F)c5F)c5ccc2[nH]5)C=C4)C=C3)cc1. The number of nitrogens with one attached hydrogen (secondary N) is 2. The van der Waals surface area contributed by atoms with Crippen molar-refractivity contribution in [1.29, 1.82) is 5.26 Å². The van der Waals surface area contributed by atoms with Crippen LogP contribution in [0, 0.1) is 98.6 Å². The number of hydrogen-bond acceptors (Lipinski definition) is 3. The standard InChI is InChI=1S/C45H14F15N5/c46-31-28(32(47)38(53)43(58)37(31)52)25-18-7-5-16(62-18)24(15-3-1-14(13-61)2-4-15)17-6-8-19(63-17)26(29-33(48)39(54)44(59)40(55)34(29)49)21-10-12-23(65-21)27(22-11-9-20(25)64-22)30-35(50)41(56)45(60)42(57)36(30)51/h1-12,62,65H. The number of hydrogen-bond donors (Lipinski definition) is 2. The van der Waals surface area contributed by atoms with E-state index in [1.807, 2.05) is 6.07 Å². The van der Waals surface area contributed by atoms with E-state index in [-0.39, 0.29) is 27.9 Å². The molecule has 5 heterocycles. The lowest BCUT2D eigenvalue weighted by Gasteiger charge is -2.11. The molecule has 65 heavy (non-hydrogen) atoms. The van der Waals surface area contributed by atoms with Gasteiger partial charge < -0.3 is 9.97 Å². The van der Waals surface area contributed by atoms with E-state index in [4.69, 9.17) is 0 Å². The minimum absolute atomic E-state index is 0.0159. The number of rotatable bonds is 4. The van der Waals surface area contributed by atoms with Gasteiger partial charge in [0.2, 0.25) is 17.5 Å². The summed E-state index contributed by atoms with van der Waals surface area (Å²) < 4.78 is 228. The van der Waals surface area contributed by atoms with Gasteiger partial charge in [-0.1, -0.05) is 12.1 Å². The highest BCUT2D eigenvalue weighted by Crippen LogP contribution is 2.43. The van der Waals surface area contributed by atoms with Crippen molar-refractivity contribution < 1.29 is 65.9 Å². The Bertz CT molecular complexity index is 3410. The summed E-state index contributed by atoms with van der Waals surface area (Å²) in [5.74, 6) is -36.9. The normalized spacial score (nSPS) is 12.1. The molecule has 0 spiro atoms. The fraction of sp³-hybridized carbons (Fsp3) is 0. The van der Waals surface area contributed by atoms with Gasteiger partial charge in [0.15, 0.2) is 69.8 Å². The van der Waals surface area contributed by atoms with Crippen LogP contribution in [-0.2, 0) is 0 Å². The highest BCUT2D eigenvalue weighted by Gasteiger charge is 2.33. The molecule has 2 aliphatic heterocycles. The molecule has 2 aliphatic rings. The second-order valence-corrected chi connectivity index (χ2v) is 14.0. The van der Waals surface area contributed by atoms with Gasteiger partial charge in [-0.2, -0.15) is 5.26 Å². The zero-order valence-electron chi connectivity index (χ0n) is 31.4. The summed E-state index contributed by atoms with van der Waals surface area (Å²) in [5, 5.41) is 9.44. The smallest absolute Gasteiger partial charge is 0.200 e. The minimum Gasteiger partial charge on any atom is -0.354 e. The highest BCUT2D eigenvalue weighted by atomic mass is 19.2. The predicted molar refractivity (Wildman–Crippen MR) is 205 cm³/mol. The molecule has 9 rings (SSSR count). The van der Waals surface area contributed by atoms with E-state index in [9.17, 15) is 44.8 Å². The Morgan fingerprint density at radius 3 is 0.831 bits per heavy atom. The van der Waals surface area contributed by atoms with Gasteiger partial charge in [-0.3, -0.25) is 0 Å². The third kappa shape index (κ3) is 6.36. The molecule has 0 atom stereocenters. The molecular formula is C45H14F15N5. The van der Waals surface area contributed by atoms with Crippen molar-refractivity contribution in [3.05, 3.63) is 164 Å². The first-order chi connectivity index (χ1) is 30.9. The summed E-state index contributed by atoms with van der Waals surface area (Å²) in [7, 11) is 0. The summed E-state index contributed by atoms with van der Waals surface area (Å²) in [5.41, 5.74) is -12.0. The number of nitriles is 1. The molecule has 2 N–H and O–H groups in total. The Labute approximate surface area is 351 Å². The molecule has 3 aromatic heterocycles. The highest BCUT2D eigenvalue weighted by molar-refractivity contribution is 6.00. The zero-order valence-corrected chi connectivity index (χ0v) is 31.4. The number of aromatic amines is 2. The maximum atomic E-state index is 15.8. The van der Waals surface area contributed by atoms with Crippen LogP contribution in [0.5, 0.6) is 0 Å². The van der Waals surface area contributed by atoms with E-state index in [1.54, 1.807) is 0 Å². The van der Waals surface area contributed by atoms with E-state index in [0.717, 1.165) is 36.4 Å². The van der Waals surface area contributed by atoms with Crippen LogP contribution in [0.4, 0.5) is 65.9 Å². The molecule has 8 bridgehead atoms. The maximum absolute atomic E-state index is 15.8. The Morgan fingerprint density at radius 1 is 0.308 bits per heavy atom.